The lowest BCUT2D eigenvalue weighted by Crippen LogP contribution is -2.58. The predicted octanol–water partition coefficient (Wildman–Crippen LogP) is 2.99. The topological polar surface area (TPSA) is 96.4 Å². The van der Waals surface area contributed by atoms with E-state index in [4.69, 9.17) is 9.47 Å². The summed E-state index contributed by atoms with van der Waals surface area (Å²) in [5, 5.41) is 9.80. The van der Waals surface area contributed by atoms with Gasteiger partial charge >= 0.3 is 5.97 Å². The maximum atomic E-state index is 14.2. The van der Waals surface area contributed by atoms with Gasteiger partial charge in [0.2, 0.25) is 11.8 Å². The summed E-state index contributed by atoms with van der Waals surface area (Å²) in [5.41, 5.74) is -1.94. The van der Waals surface area contributed by atoms with Crippen LogP contribution in [0, 0.1) is 11.8 Å². The third-order valence-electron chi connectivity index (χ3n) is 8.78. The second kappa shape index (κ2) is 11.1. The van der Waals surface area contributed by atoms with Gasteiger partial charge < -0.3 is 24.4 Å². The van der Waals surface area contributed by atoms with Crippen LogP contribution in [-0.2, 0) is 23.9 Å². The zero-order chi connectivity index (χ0) is 25.9. The van der Waals surface area contributed by atoms with Crippen molar-refractivity contribution in [2.45, 2.75) is 94.4 Å². The van der Waals surface area contributed by atoms with E-state index in [0.717, 1.165) is 51.4 Å². The van der Waals surface area contributed by atoms with Gasteiger partial charge in [-0.2, -0.15) is 0 Å². The van der Waals surface area contributed by atoms with Crippen LogP contribution in [0.25, 0.3) is 0 Å². The second-order valence-electron chi connectivity index (χ2n) is 11.0. The van der Waals surface area contributed by atoms with Gasteiger partial charge in [0.15, 0.2) is 0 Å². The number of β-amino-alcohol motifs (C(OH)–C–C–N with tert-alkyl or cyclic N) is 1. The van der Waals surface area contributed by atoms with Gasteiger partial charge in [0, 0.05) is 19.1 Å². The van der Waals surface area contributed by atoms with Crippen LogP contribution in [0.15, 0.2) is 25.3 Å². The molecule has 8 heteroatoms. The predicted molar refractivity (Wildman–Crippen MR) is 135 cm³/mol. The monoisotopic (exact) mass is 502 g/mol. The molecule has 4 aliphatic rings. The molecule has 8 nitrogen and oxygen atoms in total. The number of amides is 2. The molecule has 2 bridgehead atoms. The third kappa shape index (κ3) is 4.51. The average Bonchev–Trinajstić information content (AvgIpc) is 3.43. The number of esters is 1. The zero-order valence-electron chi connectivity index (χ0n) is 21.7. The Hall–Kier alpha value is -2.19. The first-order chi connectivity index (χ1) is 17.3. The van der Waals surface area contributed by atoms with Crippen molar-refractivity contribution >= 4 is 17.8 Å². The maximum Gasteiger partial charge on any atom is 0.312 e. The number of rotatable bonds is 12. The number of carbonyl (C=O) groups is 3. The number of allylic oxidation sites excluding steroid dienone is 1. The van der Waals surface area contributed by atoms with Crippen LogP contribution in [0.2, 0.25) is 0 Å². The van der Waals surface area contributed by atoms with E-state index < -0.39 is 35.0 Å². The molecule has 36 heavy (non-hydrogen) atoms. The fourth-order valence-electron chi connectivity index (χ4n) is 7.17. The number of hydrogen-bond donors (Lipinski definition) is 1. The lowest BCUT2D eigenvalue weighted by Gasteiger charge is -2.40. The molecule has 2 unspecified atom stereocenters. The Bertz CT molecular complexity index is 870. The number of aliphatic hydroxyl groups is 1. The smallest absolute Gasteiger partial charge is 0.312 e. The molecular formula is C28H42N2O6. The van der Waals surface area contributed by atoms with Crippen molar-refractivity contribution in [3.05, 3.63) is 25.3 Å². The highest BCUT2D eigenvalue weighted by Gasteiger charge is 2.78. The van der Waals surface area contributed by atoms with Gasteiger partial charge in [-0.1, -0.05) is 31.4 Å². The van der Waals surface area contributed by atoms with E-state index in [9.17, 15) is 19.5 Å². The van der Waals surface area contributed by atoms with E-state index >= 15 is 0 Å². The average molecular weight is 503 g/mol. The van der Waals surface area contributed by atoms with Crippen LogP contribution < -0.4 is 0 Å². The van der Waals surface area contributed by atoms with Gasteiger partial charge in [0.05, 0.1) is 24.7 Å². The molecule has 0 aromatic rings. The summed E-state index contributed by atoms with van der Waals surface area (Å²) in [7, 11) is 0. The summed E-state index contributed by atoms with van der Waals surface area (Å²) < 4.78 is 12.2. The zero-order valence-corrected chi connectivity index (χ0v) is 21.7. The minimum Gasteiger partial charge on any atom is -0.465 e. The molecule has 4 rings (SSSR count). The summed E-state index contributed by atoms with van der Waals surface area (Å²) in [6.45, 7) is 9.90. The molecule has 4 fully saturated rings. The highest BCUT2D eigenvalue weighted by molar-refractivity contribution is 5.98. The molecule has 5 atom stereocenters. The Morgan fingerprint density at radius 2 is 1.94 bits per heavy atom. The normalized spacial score (nSPS) is 33.4. The van der Waals surface area contributed by atoms with Crippen molar-refractivity contribution < 1.29 is 29.0 Å². The van der Waals surface area contributed by atoms with E-state index in [2.05, 4.69) is 13.2 Å². The summed E-state index contributed by atoms with van der Waals surface area (Å²) in [5.74, 6) is -2.42. The Balaban J connectivity index is 1.62. The van der Waals surface area contributed by atoms with Gasteiger partial charge in [-0.25, -0.2) is 0 Å². The Morgan fingerprint density at radius 1 is 1.19 bits per heavy atom. The molecule has 3 aliphatic heterocycles. The molecule has 0 aromatic heterocycles. The third-order valence-corrected chi connectivity index (χ3v) is 8.78. The van der Waals surface area contributed by atoms with Gasteiger partial charge in [-0.05, 0) is 51.9 Å². The fraction of sp³-hybridized carbons (Fsp3) is 0.750. The maximum absolute atomic E-state index is 14.2. The van der Waals surface area contributed by atoms with Crippen molar-refractivity contribution in [1.82, 2.24) is 9.80 Å². The van der Waals surface area contributed by atoms with Crippen molar-refractivity contribution in [3.63, 3.8) is 0 Å². The number of likely N-dealkylation sites (tertiary alicyclic amines) is 1. The molecule has 1 aliphatic carbocycles. The van der Waals surface area contributed by atoms with Gasteiger partial charge in [-0.15, -0.1) is 13.2 Å². The lowest BCUT2D eigenvalue weighted by atomic mass is 9.66. The van der Waals surface area contributed by atoms with E-state index in [-0.39, 0.29) is 37.6 Å². The summed E-state index contributed by atoms with van der Waals surface area (Å²) in [4.78, 5) is 44.7. The number of aliphatic hydroxyl groups excluding tert-OH is 1. The van der Waals surface area contributed by atoms with Gasteiger partial charge in [0.25, 0.3) is 0 Å². The van der Waals surface area contributed by atoms with Crippen LogP contribution in [0.4, 0.5) is 0 Å². The van der Waals surface area contributed by atoms with Crippen LogP contribution in [-0.4, -0.2) is 82.3 Å². The number of fused-ring (bicyclic) bond motifs is 1. The fourth-order valence-corrected chi connectivity index (χ4v) is 7.17. The van der Waals surface area contributed by atoms with Crippen molar-refractivity contribution in [3.8, 4) is 0 Å². The molecular weight excluding hydrogens is 460 g/mol. The van der Waals surface area contributed by atoms with E-state index in [1.807, 2.05) is 17.9 Å². The SMILES string of the molecule is C=CCCCCOC(=O)[C@@H]1[C@H]2C(=O)N(CCO)C(C(=O)N(CC=C)C3CCCCC3)C23CC[C@@]1(C)O3. The summed E-state index contributed by atoms with van der Waals surface area (Å²) >= 11 is 0. The molecule has 1 saturated carbocycles. The quantitative estimate of drug-likeness (QED) is 0.250. The number of nitrogens with zero attached hydrogens (tertiary/aromatic N) is 2. The minimum absolute atomic E-state index is 0.0312. The first kappa shape index (κ1) is 26.9. The molecule has 1 spiro atoms. The minimum atomic E-state index is -1.08. The molecule has 3 saturated heterocycles. The Kier molecular flexibility index (Phi) is 8.25. The van der Waals surface area contributed by atoms with E-state index in [0.29, 0.717) is 19.4 Å². The second-order valence-corrected chi connectivity index (χ2v) is 11.0. The van der Waals surface area contributed by atoms with Crippen LogP contribution in [0.5, 0.6) is 0 Å². The van der Waals surface area contributed by atoms with Crippen molar-refractivity contribution in [2.24, 2.45) is 11.8 Å². The van der Waals surface area contributed by atoms with Gasteiger partial charge in [0.1, 0.15) is 17.6 Å². The van der Waals surface area contributed by atoms with E-state index in [1.165, 1.54) is 4.90 Å². The first-order valence-electron chi connectivity index (χ1n) is 13.6. The summed E-state index contributed by atoms with van der Waals surface area (Å²) in [6.07, 6.45) is 12.3. The van der Waals surface area contributed by atoms with Crippen molar-refractivity contribution in [1.29, 1.82) is 0 Å². The van der Waals surface area contributed by atoms with Crippen LogP contribution >= 0.6 is 0 Å². The molecule has 2 amide bonds. The van der Waals surface area contributed by atoms with Crippen LogP contribution in [0.1, 0.15) is 71.1 Å². The summed E-state index contributed by atoms with van der Waals surface area (Å²) in [6, 6.07) is -0.771. The van der Waals surface area contributed by atoms with E-state index in [1.54, 1.807) is 6.08 Å². The number of ether oxygens (including phenoxy) is 2. The highest BCUT2D eigenvalue weighted by atomic mass is 16.6. The lowest BCUT2D eigenvalue weighted by molar-refractivity contribution is -0.161. The Morgan fingerprint density at radius 3 is 2.61 bits per heavy atom. The number of carbonyl (C=O) groups excluding carboxylic acids is 3. The molecule has 200 valence electrons. The molecule has 0 aromatic carbocycles. The Labute approximate surface area is 214 Å². The largest absolute Gasteiger partial charge is 0.465 e. The number of unbranched alkanes of at least 4 members (excludes halogenated alkanes) is 2. The molecule has 0 radical (unpaired) electrons. The van der Waals surface area contributed by atoms with Gasteiger partial charge in [-0.3, -0.25) is 14.4 Å². The standard InChI is InChI=1S/C28H42N2O6/c1-4-6-7-11-19-35-26(34)22-21-24(32)30(17-18-31)23(28(21)15-14-27(22,3)36-28)25(33)29(16-5-2)20-12-9-8-10-13-20/h4-5,20-23,31H,1-2,6-19H2,3H3/t21-,22-,23?,27+,28?/m0/s1. The highest BCUT2D eigenvalue weighted by Crippen LogP contribution is 2.63. The van der Waals surface area contributed by atoms with Crippen molar-refractivity contribution in [2.75, 3.05) is 26.3 Å². The number of hydrogen-bond acceptors (Lipinski definition) is 6. The van der Waals surface area contributed by atoms with Crippen LogP contribution in [0.3, 0.4) is 0 Å². The first-order valence-corrected chi connectivity index (χ1v) is 13.6. The molecule has 1 N–H and O–H groups in total. The molecule has 3 heterocycles.